The third-order valence-corrected chi connectivity index (χ3v) is 5.77. The van der Waals surface area contributed by atoms with E-state index >= 15 is 0 Å². The summed E-state index contributed by atoms with van der Waals surface area (Å²) in [5.41, 5.74) is 2.46. The van der Waals surface area contributed by atoms with E-state index in [0.717, 1.165) is 23.4 Å². The van der Waals surface area contributed by atoms with Crippen molar-refractivity contribution in [2.75, 3.05) is 0 Å². The maximum absolute atomic E-state index is 11.4. The van der Waals surface area contributed by atoms with Crippen molar-refractivity contribution in [3.8, 4) is 6.07 Å². The number of aryl methyl sites for hydroxylation is 2. The van der Waals surface area contributed by atoms with E-state index in [1.54, 1.807) is 6.07 Å². The number of imidazole rings is 1. The molecule has 24 heavy (non-hydrogen) atoms. The van der Waals surface area contributed by atoms with Gasteiger partial charge in [0.05, 0.1) is 40.1 Å². The van der Waals surface area contributed by atoms with Gasteiger partial charge in [0.25, 0.3) is 5.82 Å². The molecular formula is C17H23N3O3S. The highest BCUT2D eigenvalue weighted by molar-refractivity contribution is 7.86. The van der Waals surface area contributed by atoms with Crippen LogP contribution in [0.1, 0.15) is 44.5 Å². The summed E-state index contributed by atoms with van der Waals surface area (Å²) in [6, 6.07) is 7.64. The molecule has 0 spiro atoms. The van der Waals surface area contributed by atoms with Gasteiger partial charge in [0.15, 0.2) is 11.0 Å². The third kappa shape index (κ3) is 3.60. The highest BCUT2D eigenvalue weighted by Crippen LogP contribution is 2.19. The molecule has 0 N–H and O–H groups in total. The summed E-state index contributed by atoms with van der Waals surface area (Å²) in [4.78, 5) is 0. The molecular weight excluding hydrogens is 326 g/mol. The fourth-order valence-corrected chi connectivity index (χ4v) is 4.16. The minimum absolute atomic E-state index is 0.283. The van der Waals surface area contributed by atoms with Gasteiger partial charge in [-0.1, -0.05) is 13.3 Å². The molecule has 0 radical (unpaired) electrons. The van der Waals surface area contributed by atoms with Gasteiger partial charge in [-0.05, 0) is 25.5 Å². The van der Waals surface area contributed by atoms with Gasteiger partial charge in [0, 0.05) is 19.4 Å². The fourth-order valence-electron chi connectivity index (χ4n) is 3.24. The predicted molar refractivity (Wildman–Crippen MR) is 90.3 cm³/mol. The van der Waals surface area contributed by atoms with Crippen molar-refractivity contribution >= 4 is 21.2 Å². The minimum atomic E-state index is -4.30. The van der Waals surface area contributed by atoms with Gasteiger partial charge in [-0.3, -0.25) is 0 Å². The van der Waals surface area contributed by atoms with E-state index in [0.29, 0.717) is 24.9 Å². The molecule has 1 aromatic carbocycles. The summed E-state index contributed by atoms with van der Waals surface area (Å²) in [6.45, 7) is 7.10. The lowest BCUT2D eigenvalue weighted by Crippen LogP contribution is -2.35. The average molecular weight is 349 g/mol. The Kier molecular flexibility index (Phi) is 5.62. The van der Waals surface area contributed by atoms with Crippen molar-refractivity contribution in [1.82, 2.24) is 4.57 Å². The average Bonchev–Trinajstić information content (AvgIpc) is 2.80. The van der Waals surface area contributed by atoms with Gasteiger partial charge in [0.2, 0.25) is 0 Å². The van der Waals surface area contributed by atoms with Crippen LogP contribution in [-0.4, -0.2) is 22.8 Å². The van der Waals surface area contributed by atoms with Crippen LogP contribution in [0, 0.1) is 18.3 Å². The van der Waals surface area contributed by atoms with Crippen molar-refractivity contribution in [2.45, 2.75) is 58.4 Å². The zero-order valence-electron chi connectivity index (χ0n) is 14.3. The smallest absolute Gasteiger partial charge is 0.254 e. The number of rotatable bonds is 7. The van der Waals surface area contributed by atoms with Crippen LogP contribution in [0.4, 0.5) is 0 Å². The Morgan fingerprint density at radius 1 is 1.33 bits per heavy atom. The second-order valence-electron chi connectivity index (χ2n) is 5.95. The lowest BCUT2D eigenvalue weighted by atomic mass is 10.2. The molecule has 0 aliphatic heterocycles. The monoisotopic (exact) mass is 349 g/mol. The molecule has 0 fully saturated rings. The Morgan fingerprint density at radius 3 is 2.58 bits per heavy atom. The summed E-state index contributed by atoms with van der Waals surface area (Å²) in [7, 11) is -4.30. The molecule has 0 bridgehead atoms. The first kappa shape index (κ1) is 18.4. The third-order valence-electron chi connectivity index (χ3n) is 4.48. The number of nitrogens with zero attached hydrogens (tertiary/aromatic N) is 3. The molecule has 1 aromatic heterocycles. The second-order valence-corrected chi connectivity index (χ2v) is 7.60. The van der Waals surface area contributed by atoms with E-state index in [-0.39, 0.29) is 6.42 Å². The summed E-state index contributed by atoms with van der Waals surface area (Å²) in [5, 5.41) is 8.26. The van der Waals surface area contributed by atoms with Crippen LogP contribution in [0.5, 0.6) is 0 Å². The molecule has 0 aliphatic rings. The van der Waals surface area contributed by atoms with Gasteiger partial charge in [-0.15, -0.1) is 0 Å². The molecule has 0 saturated carbocycles. The largest absolute Gasteiger partial charge is 0.748 e. The molecule has 0 aliphatic carbocycles. The molecule has 2 rings (SSSR count). The van der Waals surface area contributed by atoms with E-state index in [2.05, 4.69) is 10.6 Å². The molecule has 6 nitrogen and oxygen atoms in total. The van der Waals surface area contributed by atoms with Crippen LogP contribution < -0.4 is 4.57 Å². The zero-order valence-corrected chi connectivity index (χ0v) is 15.1. The molecule has 1 atom stereocenters. The first-order valence-electron chi connectivity index (χ1n) is 8.20. The number of hydrogen-bond donors (Lipinski definition) is 0. The highest BCUT2D eigenvalue weighted by atomic mass is 32.2. The van der Waals surface area contributed by atoms with Crippen molar-refractivity contribution in [2.24, 2.45) is 0 Å². The predicted octanol–water partition coefficient (Wildman–Crippen LogP) is 2.23. The number of hydrogen-bond acceptors (Lipinski definition) is 4. The second kappa shape index (κ2) is 7.32. The van der Waals surface area contributed by atoms with Gasteiger partial charge >= 0.3 is 0 Å². The molecule has 1 heterocycles. The van der Waals surface area contributed by atoms with Crippen molar-refractivity contribution in [3.63, 3.8) is 0 Å². The standard InChI is InChI=1S/C17H23N3O3S/c1-4-6-15(24(21,22)23)9-10-20-13(3)19(5-2)16-8-7-14(12-18)11-17(16)20/h7-8,11,15H,4-6,9-10H2,1-3H3. The SMILES string of the molecule is CCCC(CCn1c(C)[n+](CC)c2ccc(C#N)cc21)S(=O)(=O)[O-]. The Morgan fingerprint density at radius 2 is 2.04 bits per heavy atom. The van der Waals surface area contributed by atoms with Crippen LogP contribution in [0.15, 0.2) is 18.2 Å². The van der Waals surface area contributed by atoms with E-state index < -0.39 is 15.4 Å². The highest BCUT2D eigenvalue weighted by Gasteiger charge is 2.23. The summed E-state index contributed by atoms with van der Waals surface area (Å²) >= 11 is 0. The number of benzene rings is 1. The van der Waals surface area contributed by atoms with Crippen LogP contribution in [0.2, 0.25) is 0 Å². The molecule has 0 saturated heterocycles. The van der Waals surface area contributed by atoms with Crippen LogP contribution >= 0.6 is 0 Å². The van der Waals surface area contributed by atoms with Crippen LogP contribution in [-0.2, 0) is 23.2 Å². The first-order valence-corrected chi connectivity index (χ1v) is 9.68. The van der Waals surface area contributed by atoms with Crippen molar-refractivity contribution in [3.05, 3.63) is 29.6 Å². The Balaban J connectivity index is 2.44. The van der Waals surface area contributed by atoms with E-state index in [4.69, 9.17) is 5.26 Å². The van der Waals surface area contributed by atoms with Crippen molar-refractivity contribution in [1.29, 1.82) is 5.26 Å². The number of aromatic nitrogens is 2. The van der Waals surface area contributed by atoms with Gasteiger partial charge in [-0.2, -0.15) is 5.26 Å². The van der Waals surface area contributed by atoms with Gasteiger partial charge in [0.1, 0.15) is 0 Å². The normalized spacial score (nSPS) is 13.1. The summed E-state index contributed by atoms with van der Waals surface area (Å²) < 4.78 is 38.4. The van der Waals surface area contributed by atoms with E-state index in [1.165, 1.54) is 0 Å². The Bertz CT molecular complexity index is 879. The van der Waals surface area contributed by atoms with E-state index in [1.807, 2.05) is 37.5 Å². The maximum Gasteiger partial charge on any atom is 0.254 e. The molecule has 7 heteroatoms. The van der Waals surface area contributed by atoms with Gasteiger partial charge < -0.3 is 4.55 Å². The Hall–Kier alpha value is -1.91. The number of fused-ring (bicyclic) bond motifs is 1. The van der Waals surface area contributed by atoms with Crippen LogP contribution in [0.25, 0.3) is 11.0 Å². The fraction of sp³-hybridized carbons (Fsp3) is 0.529. The topological polar surface area (TPSA) is 89.8 Å². The summed E-state index contributed by atoms with van der Waals surface area (Å²) in [5.74, 6) is 0.987. The quantitative estimate of drug-likeness (QED) is 0.566. The van der Waals surface area contributed by atoms with Crippen LogP contribution in [0.3, 0.4) is 0 Å². The molecule has 0 amide bonds. The number of nitriles is 1. The van der Waals surface area contributed by atoms with Gasteiger partial charge in [-0.25, -0.2) is 17.6 Å². The lowest BCUT2D eigenvalue weighted by Gasteiger charge is -2.19. The lowest BCUT2D eigenvalue weighted by molar-refractivity contribution is -0.675. The van der Waals surface area contributed by atoms with E-state index in [9.17, 15) is 13.0 Å². The zero-order chi connectivity index (χ0) is 17.9. The van der Waals surface area contributed by atoms with Crippen molar-refractivity contribution < 1.29 is 17.5 Å². The Labute approximate surface area is 143 Å². The molecule has 2 aromatic rings. The molecule has 1 unspecified atom stereocenters. The first-order chi connectivity index (χ1) is 11.3. The minimum Gasteiger partial charge on any atom is -0.748 e. The molecule has 130 valence electrons. The summed E-state index contributed by atoms with van der Waals surface area (Å²) in [6.07, 6.45) is 1.32. The maximum atomic E-state index is 11.4.